The topological polar surface area (TPSA) is 58.2 Å². The van der Waals surface area contributed by atoms with Crippen LogP contribution < -0.4 is 10.6 Å². The van der Waals surface area contributed by atoms with Gasteiger partial charge in [0.1, 0.15) is 0 Å². The molecular formula is C23H32N2O2S. The number of nitrogens with one attached hydrogen (secondary N) is 2. The average Bonchev–Trinajstić information content (AvgIpc) is 2.65. The van der Waals surface area contributed by atoms with Crippen LogP contribution in [0.1, 0.15) is 69.2 Å². The zero-order valence-electron chi connectivity index (χ0n) is 17.0. The molecule has 4 saturated carbocycles. The molecule has 4 bridgehead atoms. The van der Waals surface area contributed by atoms with Gasteiger partial charge in [0.05, 0.1) is 11.3 Å². The highest BCUT2D eigenvalue weighted by atomic mass is 32.2. The molecule has 0 heterocycles. The molecule has 0 aromatic heterocycles. The van der Waals surface area contributed by atoms with Gasteiger partial charge in [-0.15, -0.1) is 11.8 Å². The minimum atomic E-state index is -0.0565. The van der Waals surface area contributed by atoms with Crippen molar-refractivity contribution in [1.82, 2.24) is 10.6 Å². The van der Waals surface area contributed by atoms with Crippen LogP contribution in [0.25, 0.3) is 0 Å². The van der Waals surface area contributed by atoms with Crippen molar-refractivity contribution in [3.05, 3.63) is 29.8 Å². The Morgan fingerprint density at radius 1 is 1.11 bits per heavy atom. The number of hydrogen-bond acceptors (Lipinski definition) is 3. The van der Waals surface area contributed by atoms with E-state index in [1.54, 1.807) is 0 Å². The van der Waals surface area contributed by atoms with Crippen molar-refractivity contribution in [2.45, 2.75) is 75.3 Å². The molecule has 4 aliphatic carbocycles. The van der Waals surface area contributed by atoms with E-state index in [2.05, 4.69) is 17.6 Å². The summed E-state index contributed by atoms with van der Waals surface area (Å²) in [7, 11) is 0. The second kappa shape index (κ2) is 8.10. The van der Waals surface area contributed by atoms with E-state index in [0.29, 0.717) is 11.3 Å². The van der Waals surface area contributed by atoms with Crippen molar-refractivity contribution in [1.29, 1.82) is 0 Å². The van der Waals surface area contributed by atoms with Gasteiger partial charge in [0.2, 0.25) is 5.91 Å². The molecule has 152 valence electrons. The summed E-state index contributed by atoms with van der Waals surface area (Å²) in [5.41, 5.74) is 0.718. The number of hydrogen-bond donors (Lipinski definition) is 2. The summed E-state index contributed by atoms with van der Waals surface area (Å²) < 4.78 is 0. The molecular weight excluding hydrogens is 368 g/mol. The molecule has 5 rings (SSSR count). The summed E-state index contributed by atoms with van der Waals surface area (Å²) >= 11 is 1.47. The molecule has 0 spiro atoms. The Kier molecular flexibility index (Phi) is 5.73. The Labute approximate surface area is 172 Å². The Morgan fingerprint density at radius 2 is 1.71 bits per heavy atom. The summed E-state index contributed by atoms with van der Waals surface area (Å²) in [6.45, 7) is 4.06. The highest BCUT2D eigenvalue weighted by Crippen LogP contribution is 2.55. The minimum Gasteiger partial charge on any atom is -0.350 e. The molecule has 4 nitrogen and oxygen atoms in total. The monoisotopic (exact) mass is 400 g/mol. The predicted octanol–water partition coefficient (Wildman–Crippen LogP) is 4.39. The molecule has 1 atom stereocenters. The number of thioether (sulfide) groups is 1. The lowest BCUT2D eigenvalue weighted by Crippen LogP contribution is -2.60. The second-order valence-corrected chi connectivity index (χ2v) is 10.3. The van der Waals surface area contributed by atoms with Gasteiger partial charge in [-0.25, -0.2) is 0 Å². The molecule has 4 aliphatic rings. The van der Waals surface area contributed by atoms with Gasteiger partial charge in [0, 0.05) is 16.5 Å². The quantitative estimate of drug-likeness (QED) is 0.667. The van der Waals surface area contributed by atoms with Crippen LogP contribution in [0.15, 0.2) is 29.2 Å². The summed E-state index contributed by atoms with van der Waals surface area (Å²) in [6.07, 6.45) is 8.54. The highest BCUT2D eigenvalue weighted by molar-refractivity contribution is 8.00. The van der Waals surface area contributed by atoms with Gasteiger partial charge < -0.3 is 10.6 Å². The van der Waals surface area contributed by atoms with Crippen molar-refractivity contribution in [2.24, 2.45) is 17.8 Å². The van der Waals surface area contributed by atoms with Crippen molar-refractivity contribution < 1.29 is 9.59 Å². The Hall–Kier alpha value is -1.49. The van der Waals surface area contributed by atoms with Crippen LogP contribution in [0.3, 0.4) is 0 Å². The maximum Gasteiger partial charge on any atom is 0.252 e. The maximum absolute atomic E-state index is 12.8. The lowest BCUT2D eigenvalue weighted by atomic mass is 9.53. The summed E-state index contributed by atoms with van der Waals surface area (Å²) in [6, 6.07) is 7.74. The minimum absolute atomic E-state index is 0.0554. The molecule has 0 unspecified atom stereocenters. The summed E-state index contributed by atoms with van der Waals surface area (Å²) in [5.74, 6) is 2.90. The van der Waals surface area contributed by atoms with Crippen LogP contribution >= 0.6 is 11.8 Å². The zero-order valence-corrected chi connectivity index (χ0v) is 17.8. The first-order valence-corrected chi connectivity index (χ1v) is 11.8. The molecule has 28 heavy (non-hydrogen) atoms. The maximum atomic E-state index is 12.8. The van der Waals surface area contributed by atoms with Crippen molar-refractivity contribution in [2.75, 3.05) is 5.75 Å². The Morgan fingerprint density at radius 3 is 2.32 bits per heavy atom. The fourth-order valence-electron chi connectivity index (χ4n) is 5.92. The summed E-state index contributed by atoms with van der Waals surface area (Å²) in [4.78, 5) is 26.2. The third-order valence-electron chi connectivity index (χ3n) is 6.92. The van der Waals surface area contributed by atoms with Crippen LogP contribution in [-0.4, -0.2) is 29.1 Å². The van der Waals surface area contributed by atoms with E-state index < -0.39 is 0 Å². The molecule has 0 radical (unpaired) electrons. The summed E-state index contributed by atoms with van der Waals surface area (Å²) in [5, 5.41) is 6.45. The van der Waals surface area contributed by atoms with E-state index in [0.717, 1.165) is 29.1 Å². The molecule has 1 aromatic carbocycles. The van der Waals surface area contributed by atoms with E-state index in [1.165, 1.54) is 50.3 Å². The van der Waals surface area contributed by atoms with Crippen LogP contribution in [0, 0.1) is 17.8 Å². The first-order chi connectivity index (χ1) is 13.5. The zero-order chi connectivity index (χ0) is 19.7. The predicted molar refractivity (Wildman–Crippen MR) is 113 cm³/mol. The van der Waals surface area contributed by atoms with Gasteiger partial charge in [-0.2, -0.15) is 0 Å². The number of carbonyl (C=O) groups excluding carboxylic acids is 2. The largest absolute Gasteiger partial charge is 0.350 e. The second-order valence-electron chi connectivity index (χ2n) is 9.31. The fraction of sp³-hybridized carbons (Fsp3) is 0.652. The van der Waals surface area contributed by atoms with E-state index in [4.69, 9.17) is 0 Å². The third kappa shape index (κ3) is 4.24. The molecule has 4 fully saturated rings. The van der Waals surface area contributed by atoms with Crippen molar-refractivity contribution in [3.8, 4) is 0 Å². The lowest BCUT2D eigenvalue weighted by molar-refractivity contribution is -0.124. The Balaban J connectivity index is 1.36. The standard InChI is InChI=1S/C23H32N2O2S/c1-3-15(2)24-22(27)19-6-4-5-7-20(19)28-14-21(26)25-23-11-16-8-17(12-23)10-18(9-16)13-23/h4-7,15-18H,3,8-14H2,1-2H3,(H,24,27)(H,25,26)/t15-,16?,17?,18?,23?/m1/s1. The Bertz CT molecular complexity index is 713. The molecule has 0 saturated heterocycles. The SMILES string of the molecule is CC[C@@H](C)NC(=O)c1ccccc1SCC(=O)NC12CC3CC(CC(C3)C1)C2. The molecule has 2 amide bonds. The van der Waals surface area contributed by atoms with Crippen molar-refractivity contribution >= 4 is 23.6 Å². The van der Waals surface area contributed by atoms with E-state index in [-0.39, 0.29) is 23.4 Å². The van der Waals surface area contributed by atoms with E-state index in [1.807, 2.05) is 31.2 Å². The molecule has 1 aromatic rings. The van der Waals surface area contributed by atoms with Crippen LogP contribution in [0.2, 0.25) is 0 Å². The number of rotatable bonds is 7. The van der Waals surface area contributed by atoms with Gasteiger partial charge in [-0.05, 0) is 81.8 Å². The average molecular weight is 401 g/mol. The molecule has 5 heteroatoms. The van der Waals surface area contributed by atoms with E-state index >= 15 is 0 Å². The van der Waals surface area contributed by atoms with Crippen molar-refractivity contribution in [3.63, 3.8) is 0 Å². The number of carbonyl (C=O) groups is 2. The van der Waals surface area contributed by atoms with Gasteiger partial charge in [0.15, 0.2) is 0 Å². The van der Waals surface area contributed by atoms with Crippen LogP contribution in [0.4, 0.5) is 0 Å². The fourth-order valence-corrected chi connectivity index (χ4v) is 6.77. The van der Waals surface area contributed by atoms with Gasteiger partial charge in [0.25, 0.3) is 5.91 Å². The van der Waals surface area contributed by atoms with Gasteiger partial charge >= 0.3 is 0 Å². The smallest absolute Gasteiger partial charge is 0.252 e. The van der Waals surface area contributed by atoms with Crippen LogP contribution in [0.5, 0.6) is 0 Å². The highest BCUT2D eigenvalue weighted by Gasteiger charge is 2.51. The normalized spacial score (nSPS) is 31.4. The number of benzene rings is 1. The van der Waals surface area contributed by atoms with Gasteiger partial charge in [-0.3, -0.25) is 9.59 Å². The molecule has 0 aliphatic heterocycles. The lowest BCUT2D eigenvalue weighted by Gasteiger charge is -2.56. The van der Waals surface area contributed by atoms with E-state index in [9.17, 15) is 9.59 Å². The van der Waals surface area contributed by atoms with Crippen LogP contribution in [-0.2, 0) is 4.79 Å². The number of amides is 2. The third-order valence-corrected chi connectivity index (χ3v) is 8.00. The molecule has 2 N–H and O–H groups in total. The first-order valence-electron chi connectivity index (χ1n) is 10.8. The first kappa shape index (κ1) is 19.8. The van der Waals surface area contributed by atoms with Gasteiger partial charge in [-0.1, -0.05) is 19.1 Å².